The van der Waals surface area contributed by atoms with Crippen LogP contribution in [0.4, 0.5) is 0 Å². The molecule has 1 fully saturated rings. The highest BCUT2D eigenvalue weighted by molar-refractivity contribution is 7.89. The van der Waals surface area contributed by atoms with E-state index in [2.05, 4.69) is 10.0 Å². The van der Waals surface area contributed by atoms with Crippen molar-refractivity contribution in [2.45, 2.75) is 51.5 Å². The van der Waals surface area contributed by atoms with Gasteiger partial charge in [0.1, 0.15) is 16.4 Å². The maximum Gasteiger partial charge on any atom is 0.244 e. The standard InChI is InChI=1S/C14H24N2O3S/c1-4-15-9-13-10(2)19-11(3)14(13)20(17,18)16-8-12-6-5-7-12/h12,15-16H,4-9H2,1-3H3. The van der Waals surface area contributed by atoms with Crippen molar-refractivity contribution in [1.29, 1.82) is 0 Å². The van der Waals surface area contributed by atoms with Gasteiger partial charge in [0.2, 0.25) is 10.0 Å². The van der Waals surface area contributed by atoms with Crippen LogP contribution in [0.1, 0.15) is 43.3 Å². The van der Waals surface area contributed by atoms with E-state index in [-0.39, 0.29) is 0 Å². The fourth-order valence-corrected chi connectivity index (χ4v) is 4.07. The molecule has 0 saturated heterocycles. The average Bonchev–Trinajstić information content (AvgIpc) is 2.59. The van der Waals surface area contributed by atoms with Gasteiger partial charge in [0.15, 0.2) is 0 Å². The van der Waals surface area contributed by atoms with Crippen LogP contribution in [-0.2, 0) is 16.6 Å². The fraction of sp³-hybridized carbons (Fsp3) is 0.714. The average molecular weight is 300 g/mol. The van der Waals surface area contributed by atoms with E-state index in [1.165, 1.54) is 6.42 Å². The zero-order chi connectivity index (χ0) is 14.8. The molecule has 0 aromatic carbocycles. The maximum absolute atomic E-state index is 12.5. The van der Waals surface area contributed by atoms with Gasteiger partial charge in [0.25, 0.3) is 0 Å². The predicted molar refractivity (Wildman–Crippen MR) is 78.1 cm³/mol. The van der Waals surface area contributed by atoms with Crippen LogP contribution in [0.5, 0.6) is 0 Å². The Balaban J connectivity index is 2.20. The van der Waals surface area contributed by atoms with Crippen LogP contribution in [0.15, 0.2) is 9.31 Å². The van der Waals surface area contributed by atoms with Crippen LogP contribution in [-0.4, -0.2) is 21.5 Å². The van der Waals surface area contributed by atoms with E-state index in [1.807, 2.05) is 13.8 Å². The summed E-state index contributed by atoms with van der Waals surface area (Å²) in [6.45, 7) is 7.35. The zero-order valence-corrected chi connectivity index (χ0v) is 13.3. The van der Waals surface area contributed by atoms with Crippen molar-refractivity contribution < 1.29 is 12.8 Å². The van der Waals surface area contributed by atoms with Crippen molar-refractivity contribution in [2.75, 3.05) is 13.1 Å². The highest BCUT2D eigenvalue weighted by atomic mass is 32.2. The summed E-state index contributed by atoms with van der Waals surface area (Å²) in [5.74, 6) is 1.64. The molecular weight excluding hydrogens is 276 g/mol. The van der Waals surface area contributed by atoms with Crippen molar-refractivity contribution in [3.8, 4) is 0 Å². The second kappa shape index (κ2) is 6.28. The van der Waals surface area contributed by atoms with Gasteiger partial charge in [-0.2, -0.15) is 0 Å². The summed E-state index contributed by atoms with van der Waals surface area (Å²) in [7, 11) is -3.49. The smallest absolute Gasteiger partial charge is 0.244 e. The molecule has 2 N–H and O–H groups in total. The van der Waals surface area contributed by atoms with Crippen molar-refractivity contribution >= 4 is 10.0 Å². The topological polar surface area (TPSA) is 71.3 Å². The molecular formula is C14H24N2O3S. The molecule has 0 spiro atoms. The van der Waals surface area contributed by atoms with Gasteiger partial charge >= 0.3 is 0 Å². The van der Waals surface area contributed by atoms with Gasteiger partial charge in [0.05, 0.1) is 0 Å². The maximum atomic E-state index is 12.5. The summed E-state index contributed by atoms with van der Waals surface area (Å²) in [5, 5.41) is 3.17. The number of rotatable bonds is 7. The minimum absolute atomic E-state index is 0.315. The molecule has 0 unspecified atom stereocenters. The SMILES string of the molecule is CCNCc1c(C)oc(C)c1S(=O)(=O)NCC1CCC1. The molecule has 1 heterocycles. The quantitative estimate of drug-likeness (QED) is 0.809. The number of aryl methyl sites for hydroxylation is 2. The van der Waals surface area contributed by atoms with Crippen molar-refractivity contribution in [1.82, 2.24) is 10.0 Å². The molecule has 0 bridgehead atoms. The lowest BCUT2D eigenvalue weighted by atomic mass is 9.86. The summed E-state index contributed by atoms with van der Waals surface area (Å²) in [5.41, 5.74) is 0.741. The second-order valence-electron chi connectivity index (χ2n) is 5.45. The van der Waals surface area contributed by atoms with Gasteiger partial charge in [-0.1, -0.05) is 13.3 Å². The summed E-state index contributed by atoms with van der Waals surface area (Å²) in [6, 6.07) is 0. The predicted octanol–water partition coefficient (Wildman–Crippen LogP) is 2.08. The largest absolute Gasteiger partial charge is 0.465 e. The van der Waals surface area contributed by atoms with E-state index in [9.17, 15) is 8.42 Å². The molecule has 1 aromatic rings. The number of sulfonamides is 1. The minimum Gasteiger partial charge on any atom is -0.465 e. The Hall–Kier alpha value is -0.850. The molecule has 114 valence electrons. The van der Waals surface area contributed by atoms with Gasteiger partial charge in [-0.3, -0.25) is 0 Å². The zero-order valence-electron chi connectivity index (χ0n) is 12.5. The summed E-state index contributed by atoms with van der Waals surface area (Å²) in [4.78, 5) is 0.315. The van der Waals surface area contributed by atoms with Gasteiger partial charge in [-0.05, 0) is 39.2 Å². The lowest BCUT2D eigenvalue weighted by Crippen LogP contribution is -2.33. The molecule has 1 saturated carbocycles. The van der Waals surface area contributed by atoms with E-state index in [1.54, 1.807) is 6.92 Å². The first-order valence-corrected chi connectivity index (χ1v) is 8.73. The molecule has 5 nitrogen and oxygen atoms in total. The van der Waals surface area contributed by atoms with E-state index in [4.69, 9.17) is 4.42 Å². The normalized spacial score (nSPS) is 16.4. The Morgan fingerprint density at radius 2 is 1.95 bits per heavy atom. The van der Waals surface area contributed by atoms with E-state index < -0.39 is 10.0 Å². The third kappa shape index (κ3) is 3.24. The van der Waals surface area contributed by atoms with Crippen LogP contribution >= 0.6 is 0 Å². The molecule has 1 aliphatic rings. The second-order valence-corrected chi connectivity index (χ2v) is 7.16. The molecule has 6 heteroatoms. The van der Waals surface area contributed by atoms with Gasteiger partial charge in [-0.15, -0.1) is 0 Å². The van der Waals surface area contributed by atoms with E-state index in [0.717, 1.165) is 24.9 Å². The molecule has 1 aliphatic carbocycles. The molecule has 0 atom stereocenters. The van der Waals surface area contributed by atoms with Crippen molar-refractivity contribution in [3.63, 3.8) is 0 Å². The number of hydrogen-bond acceptors (Lipinski definition) is 4. The molecule has 0 aliphatic heterocycles. The molecule has 2 rings (SSSR count). The Morgan fingerprint density at radius 3 is 2.50 bits per heavy atom. The van der Waals surface area contributed by atoms with Crippen LogP contribution in [0.2, 0.25) is 0 Å². The molecule has 20 heavy (non-hydrogen) atoms. The number of furan rings is 1. The Bertz CT molecular complexity index is 559. The highest BCUT2D eigenvalue weighted by Crippen LogP contribution is 2.28. The summed E-state index contributed by atoms with van der Waals surface area (Å²) < 4.78 is 33.2. The van der Waals surface area contributed by atoms with Gasteiger partial charge in [-0.25, -0.2) is 13.1 Å². The van der Waals surface area contributed by atoms with Crippen LogP contribution in [0, 0.1) is 19.8 Å². The van der Waals surface area contributed by atoms with Gasteiger partial charge < -0.3 is 9.73 Å². The van der Waals surface area contributed by atoms with E-state index in [0.29, 0.717) is 35.4 Å². The third-order valence-electron chi connectivity index (χ3n) is 3.93. The summed E-state index contributed by atoms with van der Waals surface area (Å²) >= 11 is 0. The number of hydrogen-bond donors (Lipinski definition) is 2. The van der Waals surface area contributed by atoms with E-state index >= 15 is 0 Å². The Labute approximate surface area is 121 Å². The highest BCUT2D eigenvalue weighted by Gasteiger charge is 2.28. The molecule has 0 amide bonds. The Kier molecular flexibility index (Phi) is 4.88. The fourth-order valence-electron chi connectivity index (χ4n) is 2.51. The van der Waals surface area contributed by atoms with Crippen LogP contribution in [0.3, 0.4) is 0 Å². The third-order valence-corrected chi connectivity index (χ3v) is 5.55. The van der Waals surface area contributed by atoms with Crippen molar-refractivity contribution in [3.05, 3.63) is 17.1 Å². The van der Waals surface area contributed by atoms with Gasteiger partial charge in [0, 0.05) is 18.7 Å². The van der Waals surface area contributed by atoms with Crippen molar-refractivity contribution in [2.24, 2.45) is 5.92 Å². The molecule has 0 radical (unpaired) electrons. The number of nitrogens with one attached hydrogen (secondary N) is 2. The minimum atomic E-state index is -3.49. The summed E-state index contributed by atoms with van der Waals surface area (Å²) in [6.07, 6.45) is 3.45. The molecule has 1 aromatic heterocycles. The van der Waals surface area contributed by atoms with Crippen LogP contribution < -0.4 is 10.0 Å². The monoisotopic (exact) mass is 300 g/mol. The first-order valence-electron chi connectivity index (χ1n) is 7.25. The first-order chi connectivity index (χ1) is 9.45. The van der Waals surface area contributed by atoms with Crippen LogP contribution in [0.25, 0.3) is 0 Å². The lowest BCUT2D eigenvalue weighted by Gasteiger charge is -2.25. The Morgan fingerprint density at radius 1 is 1.25 bits per heavy atom. The first kappa shape index (κ1) is 15.5. The lowest BCUT2D eigenvalue weighted by molar-refractivity contribution is 0.316.